The van der Waals surface area contributed by atoms with Crippen LogP contribution in [0, 0.1) is 0 Å². The van der Waals surface area contributed by atoms with Crippen molar-refractivity contribution in [2.45, 2.75) is 4.90 Å². The lowest BCUT2D eigenvalue weighted by Crippen LogP contribution is -2.24. The van der Waals surface area contributed by atoms with E-state index in [4.69, 9.17) is 9.47 Å². The minimum atomic E-state index is -3.90. The summed E-state index contributed by atoms with van der Waals surface area (Å²) in [6.45, 7) is -0.664. The van der Waals surface area contributed by atoms with Gasteiger partial charge in [-0.25, -0.2) is 17.9 Å². The predicted octanol–water partition coefficient (Wildman–Crippen LogP) is 0.625. The molecular formula is C20H19N3O8S. The van der Waals surface area contributed by atoms with E-state index in [0.29, 0.717) is 0 Å². The molecule has 3 rings (SSSR count). The lowest BCUT2D eigenvalue weighted by Gasteiger charge is -2.11. The topological polar surface area (TPSA) is 148 Å². The highest BCUT2D eigenvalue weighted by atomic mass is 32.2. The van der Waals surface area contributed by atoms with Gasteiger partial charge < -0.3 is 14.8 Å². The molecule has 1 aliphatic rings. The van der Waals surface area contributed by atoms with Gasteiger partial charge in [0.05, 0.1) is 23.8 Å². The highest BCUT2D eigenvalue weighted by Gasteiger charge is 2.32. The molecule has 0 aliphatic carbocycles. The first-order chi connectivity index (χ1) is 15.1. The van der Waals surface area contributed by atoms with E-state index in [1.807, 2.05) is 0 Å². The zero-order valence-electron chi connectivity index (χ0n) is 17.3. The molecule has 1 aliphatic heterocycles. The van der Waals surface area contributed by atoms with Crippen LogP contribution in [0.2, 0.25) is 0 Å². The molecule has 3 amide bonds. The summed E-state index contributed by atoms with van der Waals surface area (Å²) in [7, 11) is -0.0501. The predicted molar refractivity (Wildman–Crippen MR) is 111 cm³/mol. The molecule has 11 nitrogen and oxygen atoms in total. The number of fused-ring (bicyclic) bond motifs is 1. The maximum Gasteiger partial charge on any atom is 0.338 e. The Balaban J connectivity index is 1.67. The molecule has 0 saturated carbocycles. The van der Waals surface area contributed by atoms with Crippen molar-refractivity contribution < 1.29 is 37.1 Å². The van der Waals surface area contributed by atoms with Crippen molar-refractivity contribution in [3.05, 3.63) is 53.1 Å². The van der Waals surface area contributed by atoms with Gasteiger partial charge in [0.15, 0.2) is 6.61 Å². The SMILES string of the molecule is CNS(=O)(=O)c1cc(C(=O)OCC(=O)Nc2ccc3c(c2)C(=O)N(C)C3=O)ccc1OC. The summed E-state index contributed by atoms with van der Waals surface area (Å²) in [4.78, 5) is 49.1. The number of hydrogen-bond acceptors (Lipinski definition) is 8. The fraction of sp³-hybridized carbons (Fsp3) is 0.200. The number of methoxy groups -OCH3 is 1. The number of imide groups is 1. The molecule has 1 heterocycles. The molecule has 0 bridgehead atoms. The maximum atomic E-state index is 12.3. The van der Waals surface area contributed by atoms with Gasteiger partial charge in [-0.1, -0.05) is 0 Å². The zero-order valence-corrected chi connectivity index (χ0v) is 18.1. The summed E-state index contributed by atoms with van der Waals surface area (Å²) in [5.41, 5.74) is 0.530. The van der Waals surface area contributed by atoms with E-state index < -0.39 is 40.3 Å². The smallest absolute Gasteiger partial charge is 0.338 e. The third-order valence-corrected chi connectivity index (χ3v) is 6.10. The summed E-state index contributed by atoms with van der Waals surface area (Å²) in [5, 5.41) is 2.47. The van der Waals surface area contributed by atoms with Gasteiger partial charge in [0, 0.05) is 12.7 Å². The number of amides is 3. The molecule has 2 aromatic carbocycles. The highest BCUT2D eigenvalue weighted by Crippen LogP contribution is 2.26. The summed E-state index contributed by atoms with van der Waals surface area (Å²) in [6, 6.07) is 7.89. The van der Waals surface area contributed by atoms with Gasteiger partial charge in [-0.3, -0.25) is 19.3 Å². The molecule has 32 heavy (non-hydrogen) atoms. The van der Waals surface area contributed by atoms with Crippen molar-refractivity contribution in [3.8, 4) is 5.75 Å². The molecule has 2 N–H and O–H groups in total. The lowest BCUT2D eigenvalue weighted by atomic mass is 10.1. The highest BCUT2D eigenvalue weighted by molar-refractivity contribution is 7.89. The normalized spacial score (nSPS) is 13.0. The number of esters is 1. The number of rotatable bonds is 7. The minimum absolute atomic E-state index is 0.0314. The van der Waals surface area contributed by atoms with Gasteiger partial charge in [-0.2, -0.15) is 0 Å². The third-order valence-electron chi connectivity index (χ3n) is 4.67. The number of benzene rings is 2. The first-order valence-corrected chi connectivity index (χ1v) is 10.6. The largest absolute Gasteiger partial charge is 0.495 e. The van der Waals surface area contributed by atoms with E-state index in [1.54, 1.807) is 0 Å². The van der Waals surface area contributed by atoms with E-state index in [2.05, 4.69) is 10.0 Å². The molecule has 0 spiro atoms. The Morgan fingerprint density at radius 3 is 2.38 bits per heavy atom. The molecule has 0 fully saturated rings. The van der Waals surface area contributed by atoms with Crippen LogP contribution in [0.1, 0.15) is 31.1 Å². The standard InChI is InChI=1S/C20H19N3O8S/c1-21-32(28,29)16-8-11(4-7-15(16)30-3)20(27)31-10-17(24)22-12-5-6-13-14(9-12)19(26)23(2)18(13)25/h4-9,21H,10H2,1-3H3,(H,22,24). The summed E-state index contributed by atoms with van der Waals surface area (Å²) < 4.78 is 36.3. The van der Waals surface area contributed by atoms with Crippen molar-refractivity contribution in [3.63, 3.8) is 0 Å². The van der Waals surface area contributed by atoms with Crippen LogP contribution in [0.25, 0.3) is 0 Å². The van der Waals surface area contributed by atoms with Gasteiger partial charge in [0.25, 0.3) is 17.7 Å². The fourth-order valence-corrected chi connectivity index (χ4v) is 3.89. The zero-order chi connectivity index (χ0) is 23.6. The van der Waals surface area contributed by atoms with Crippen molar-refractivity contribution in [1.29, 1.82) is 0 Å². The van der Waals surface area contributed by atoms with Crippen molar-refractivity contribution in [1.82, 2.24) is 9.62 Å². The number of sulfonamides is 1. The van der Waals surface area contributed by atoms with E-state index >= 15 is 0 Å². The van der Waals surface area contributed by atoms with Gasteiger partial charge >= 0.3 is 5.97 Å². The second kappa shape index (κ2) is 8.77. The number of anilines is 1. The molecule has 0 aromatic heterocycles. The molecule has 0 saturated heterocycles. The minimum Gasteiger partial charge on any atom is -0.495 e. The van der Waals surface area contributed by atoms with Crippen molar-refractivity contribution in [2.75, 3.05) is 33.1 Å². The van der Waals surface area contributed by atoms with E-state index in [1.165, 1.54) is 51.5 Å². The second-order valence-corrected chi connectivity index (χ2v) is 8.48. The Morgan fingerprint density at radius 1 is 1.03 bits per heavy atom. The number of ether oxygens (including phenoxy) is 2. The van der Waals surface area contributed by atoms with Crippen LogP contribution in [-0.2, 0) is 19.6 Å². The number of carbonyl (C=O) groups is 4. The molecule has 0 radical (unpaired) electrons. The molecule has 12 heteroatoms. The molecule has 0 unspecified atom stereocenters. The summed E-state index contributed by atoms with van der Waals surface area (Å²) >= 11 is 0. The third kappa shape index (κ3) is 4.31. The fourth-order valence-electron chi connectivity index (χ4n) is 2.97. The average Bonchev–Trinajstić information content (AvgIpc) is 3.00. The Morgan fingerprint density at radius 2 is 1.72 bits per heavy atom. The number of nitrogens with zero attached hydrogens (tertiary/aromatic N) is 1. The van der Waals surface area contributed by atoms with Crippen LogP contribution in [-0.4, -0.2) is 64.8 Å². The maximum absolute atomic E-state index is 12.3. The molecule has 2 aromatic rings. The monoisotopic (exact) mass is 461 g/mol. The number of hydrogen-bond donors (Lipinski definition) is 2. The molecular weight excluding hydrogens is 442 g/mol. The Bertz CT molecular complexity index is 1240. The van der Waals surface area contributed by atoms with E-state index in [0.717, 1.165) is 11.0 Å². The van der Waals surface area contributed by atoms with Crippen LogP contribution in [0.15, 0.2) is 41.3 Å². The van der Waals surface area contributed by atoms with Crippen molar-refractivity contribution in [2.24, 2.45) is 0 Å². The van der Waals surface area contributed by atoms with Gasteiger partial charge in [0.2, 0.25) is 10.0 Å². The first-order valence-electron chi connectivity index (χ1n) is 9.14. The second-order valence-electron chi connectivity index (χ2n) is 6.63. The van der Waals surface area contributed by atoms with Crippen LogP contribution < -0.4 is 14.8 Å². The Kier molecular flexibility index (Phi) is 6.27. The van der Waals surface area contributed by atoms with Gasteiger partial charge in [-0.05, 0) is 43.4 Å². The quantitative estimate of drug-likeness (QED) is 0.450. The lowest BCUT2D eigenvalue weighted by molar-refractivity contribution is -0.119. The van der Waals surface area contributed by atoms with Crippen LogP contribution in [0.5, 0.6) is 5.75 Å². The number of carbonyl (C=O) groups excluding carboxylic acids is 4. The van der Waals surface area contributed by atoms with E-state index in [-0.39, 0.29) is 33.0 Å². The molecule has 168 valence electrons. The first kappa shape index (κ1) is 22.9. The summed E-state index contributed by atoms with van der Waals surface area (Å²) in [5.74, 6) is -2.51. The number of nitrogens with one attached hydrogen (secondary N) is 2. The van der Waals surface area contributed by atoms with Crippen molar-refractivity contribution >= 4 is 39.4 Å². The summed E-state index contributed by atoms with van der Waals surface area (Å²) in [6.07, 6.45) is 0. The van der Waals surface area contributed by atoms with Crippen LogP contribution in [0.4, 0.5) is 5.69 Å². The van der Waals surface area contributed by atoms with Gasteiger partial charge in [-0.15, -0.1) is 0 Å². The molecule has 0 atom stereocenters. The van der Waals surface area contributed by atoms with Crippen LogP contribution in [0.3, 0.4) is 0 Å². The van der Waals surface area contributed by atoms with Gasteiger partial charge in [0.1, 0.15) is 10.6 Å². The Labute approximate surface area is 183 Å². The Hall–Kier alpha value is -3.77. The van der Waals surface area contributed by atoms with Crippen LogP contribution >= 0.6 is 0 Å². The van der Waals surface area contributed by atoms with E-state index in [9.17, 15) is 27.6 Å². The average molecular weight is 461 g/mol.